The van der Waals surface area contributed by atoms with Crippen LogP contribution in [0.3, 0.4) is 0 Å². The SMILES string of the molecule is CCOCOC(C)[O]. The lowest BCUT2D eigenvalue weighted by Gasteiger charge is -2.02. The van der Waals surface area contributed by atoms with Crippen LogP contribution in [-0.2, 0) is 14.6 Å². The molecule has 0 aliphatic heterocycles. The molecule has 0 aromatic heterocycles. The van der Waals surface area contributed by atoms with E-state index in [1.165, 1.54) is 6.92 Å². The molecule has 3 nitrogen and oxygen atoms in total. The van der Waals surface area contributed by atoms with Crippen molar-refractivity contribution in [3.63, 3.8) is 0 Å². The first-order valence-electron chi connectivity index (χ1n) is 2.62. The maximum absolute atomic E-state index is 10.1. The van der Waals surface area contributed by atoms with E-state index in [9.17, 15) is 5.11 Å². The van der Waals surface area contributed by atoms with Gasteiger partial charge >= 0.3 is 0 Å². The molecule has 0 aromatic carbocycles. The van der Waals surface area contributed by atoms with Gasteiger partial charge in [-0.2, -0.15) is 0 Å². The summed E-state index contributed by atoms with van der Waals surface area (Å²) in [6, 6.07) is 0. The van der Waals surface area contributed by atoms with Gasteiger partial charge < -0.3 is 9.47 Å². The Kier molecular flexibility index (Phi) is 4.95. The Morgan fingerprint density at radius 1 is 1.62 bits per heavy atom. The van der Waals surface area contributed by atoms with Gasteiger partial charge in [0.05, 0.1) is 0 Å². The lowest BCUT2D eigenvalue weighted by molar-refractivity contribution is -0.184. The molecule has 0 fully saturated rings. The molecule has 1 atom stereocenters. The minimum Gasteiger partial charge on any atom is -0.356 e. The topological polar surface area (TPSA) is 38.4 Å². The lowest BCUT2D eigenvalue weighted by Crippen LogP contribution is -2.07. The molecule has 0 heterocycles. The molecule has 0 rings (SSSR count). The highest BCUT2D eigenvalue weighted by atomic mass is 16.7. The van der Waals surface area contributed by atoms with Crippen molar-refractivity contribution in [2.45, 2.75) is 20.1 Å². The van der Waals surface area contributed by atoms with Crippen LogP contribution in [0.2, 0.25) is 0 Å². The molecule has 0 aromatic rings. The predicted molar refractivity (Wildman–Crippen MR) is 27.7 cm³/mol. The molecule has 0 saturated heterocycles. The van der Waals surface area contributed by atoms with Crippen molar-refractivity contribution in [3.8, 4) is 0 Å². The van der Waals surface area contributed by atoms with Crippen molar-refractivity contribution in [1.29, 1.82) is 0 Å². The Balaban J connectivity index is 2.72. The first-order valence-corrected chi connectivity index (χ1v) is 2.62. The van der Waals surface area contributed by atoms with Gasteiger partial charge in [0, 0.05) is 6.61 Å². The van der Waals surface area contributed by atoms with Crippen LogP contribution in [0.15, 0.2) is 0 Å². The molecule has 0 spiro atoms. The summed E-state index contributed by atoms with van der Waals surface area (Å²) in [5.74, 6) is 0. The first-order chi connectivity index (χ1) is 3.77. The van der Waals surface area contributed by atoms with Crippen LogP contribution in [0.1, 0.15) is 13.8 Å². The fourth-order valence-electron chi connectivity index (χ4n) is 0.227. The van der Waals surface area contributed by atoms with Crippen molar-refractivity contribution in [1.82, 2.24) is 0 Å². The van der Waals surface area contributed by atoms with Gasteiger partial charge in [-0.25, -0.2) is 5.11 Å². The molecular formula is C5H11O3. The largest absolute Gasteiger partial charge is 0.356 e. The Hall–Kier alpha value is -0.120. The van der Waals surface area contributed by atoms with Crippen molar-refractivity contribution < 1.29 is 14.6 Å². The highest BCUT2D eigenvalue weighted by Crippen LogP contribution is 1.84. The number of hydrogen-bond acceptors (Lipinski definition) is 2. The average Bonchev–Trinajstić information content (AvgIpc) is 1.66. The van der Waals surface area contributed by atoms with E-state index in [4.69, 9.17) is 4.74 Å². The molecule has 0 amide bonds. The highest BCUT2D eigenvalue weighted by Gasteiger charge is 1.92. The fraction of sp³-hybridized carbons (Fsp3) is 1.00. The molecule has 8 heavy (non-hydrogen) atoms. The Morgan fingerprint density at radius 3 is 2.62 bits per heavy atom. The average molecular weight is 119 g/mol. The molecule has 0 bridgehead atoms. The minimum absolute atomic E-state index is 0.112. The Morgan fingerprint density at radius 2 is 2.25 bits per heavy atom. The second-order valence-corrected chi connectivity index (χ2v) is 1.34. The zero-order chi connectivity index (χ0) is 6.41. The molecule has 49 valence electrons. The molecule has 3 heteroatoms. The van der Waals surface area contributed by atoms with Gasteiger partial charge in [0.15, 0.2) is 6.29 Å². The number of ether oxygens (including phenoxy) is 2. The molecule has 1 radical (unpaired) electrons. The van der Waals surface area contributed by atoms with Crippen LogP contribution in [0, 0.1) is 0 Å². The Bertz CT molecular complexity index is 44.9. The summed E-state index contributed by atoms with van der Waals surface area (Å²) in [6.45, 7) is 3.98. The standard InChI is InChI=1S/C5H11O3/c1-3-7-4-8-5(2)6/h5H,3-4H2,1-2H3. The molecular weight excluding hydrogens is 108 g/mol. The van der Waals surface area contributed by atoms with Crippen LogP contribution >= 0.6 is 0 Å². The summed E-state index contributed by atoms with van der Waals surface area (Å²) in [4.78, 5) is 0. The maximum atomic E-state index is 10.1. The summed E-state index contributed by atoms with van der Waals surface area (Å²) in [7, 11) is 0. The van der Waals surface area contributed by atoms with E-state index in [0.29, 0.717) is 6.61 Å². The third-order valence-electron chi connectivity index (χ3n) is 0.590. The smallest absolute Gasteiger partial charge is 0.191 e. The van der Waals surface area contributed by atoms with Crippen LogP contribution in [0.25, 0.3) is 0 Å². The number of hydrogen-bond donors (Lipinski definition) is 0. The highest BCUT2D eigenvalue weighted by molar-refractivity contribution is 4.16. The maximum Gasteiger partial charge on any atom is 0.191 e. The van der Waals surface area contributed by atoms with E-state index in [1.807, 2.05) is 6.92 Å². The molecule has 0 aliphatic rings. The van der Waals surface area contributed by atoms with E-state index >= 15 is 0 Å². The zero-order valence-corrected chi connectivity index (χ0v) is 5.22. The van der Waals surface area contributed by atoms with E-state index in [2.05, 4.69) is 4.74 Å². The second-order valence-electron chi connectivity index (χ2n) is 1.34. The predicted octanol–water partition coefficient (Wildman–Crippen LogP) is 0.773. The van der Waals surface area contributed by atoms with Gasteiger partial charge in [-0.1, -0.05) is 0 Å². The van der Waals surface area contributed by atoms with Gasteiger partial charge in [-0.3, -0.25) is 0 Å². The summed E-state index contributed by atoms with van der Waals surface area (Å²) in [5, 5.41) is 10.1. The first kappa shape index (κ1) is 7.88. The van der Waals surface area contributed by atoms with Gasteiger partial charge in [0.1, 0.15) is 6.79 Å². The summed E-state index contributed by atoms with van der Waals surface area (Å²) < 4.78 is 9.23. The monoisotopic (exact) mass is 119 g/mol. The summed E-state index contributed by atoms with van der Waals surface area (Å²) in [5.41, 5.74) is 0. The van der Waals surface area contributed by atoms with Crippen LogP contribution in [0.5, 0.6) is 0 Å². The van der Waals surface area contributed by atoms with E-state index < -0.39 is 6.29 Å². The van der Waals surface area contributed by atoms with E-state index in [0.717, 1.165) is 0 Å². The summed E-state index contributed by atoms with van der Waals surface area (Å²) in [6.07, 6.45) is -0.971. The second kappa shape index (κ2) is 5.03. The van der Waals surface area contributed by atoms with Crippen molar-refractivity contribution in [3.05, 3.63) is 0 Å². The van der Waals surface area contributed by atoms with Gasteiger partial charge in [-0.05, 0) is 13.8 Å². The van der Waals surface area contributed by atoms with Crippen molar-refractivity contribution >= 4 is 0 Å². The minimum atomic E-state index is -0.971. The number of rotatable bonds is 4. The van der Waals surface area contributed by atoms with E-state index in [1.54, 1.807) is 0 Å². The molecule has 0 saturated carbocycles. The zero-order valence-electron chi connectivity index (χ0n) is 5.22. The van der Waals surface area contributed by atoms with Gasteiger partial charge in [0.2, 0.25) is 0 Å². The molecule has 0 aliphatic carbocycles. The normalized spacial score (nSPS) is 13.9. The van der Waals surface area contributed by atoms with E-state index in [-0.39, 0.29) is 6.79 Å². The Labute approximate surface area is 49.2 Å². The quantitative estimate of drug-likeness (QED) is 0.405. The van der Waals surface area contributed by atoms with Gasteiger partial charge in [0.25, 0.3) is 0 Å². The third kappa shape index (κ3) is 5.88. The lowest BCUT2D eigenvalue weighted by atomic mass is 10.8. The fourth-order valence-corrected chi connectivity index (χ4v) is 0.227. The van der Waals surface area contributed by atoms with Gasteiger partial charge in [-0.15, -0.1) is 0 Å². The third-order valence-corrected chi connectivity index (χ3v) is 0.590. The molecule has 0 N–H and O–H groups in total. The van der Waals surface area contributed by atoms with Crippen LogP contribution in [-0.4, -0.2) is 19.7 Å². The van der Waals surface area contributed by atoms with Crippen molar-refractivity contribution in [2.75, 3.05) is 13.4 Å². The van der Waals surface area contributed by atoms with Crippen LogP contribution in [0.4, 0.5) is 0 Å². The molecule has 1 unspecified atom stereocenters. The van der Waals surface area contributed by atoms with Crippen molar-refractivity contribution in [2.24, 2.45) is 0 Å². The summed E-state index contributed by atoms with van der Waals surface area (Å²) >= 11 is 0. The van der Waals surface area contributed by atoms with Crippen LogP contribution < -0.4 is 0 Å².